The number of methoxy groups -OCH3 is 1. The van der Waals surface area contributed by atoms with Crippen molar-refractivity contribution in [1.82, 2.24) is 25.3 Å². The van der Waals surface area contributed by atoms with Crippen molar-refractivity contribution < 1.29 is 28.6 Å². The molecule has 0 aliphatic carbocycles. The standard InChI is InChI=1S/C30H35N5O6/c1-5-23-18(2)33-35(19(23)3)16-29(37)34-14-24-27(15-34)41-22-9-6-20(7-10-22)13-31-28(36)17-40-26-12-21(30(38)32-24)8-11-25(26)39-4/h6-12,24,27H,5,13-17H2,1-4H3,(H,31,36)(H,32,38)/t24-,27-/m0/s1. The van der Waals surface area contributed by atoms with E-state index in [1.165, 1.54) is 13.2 Å². The highest BCUT2D eigenvalue weighted by Gasteiger charge is 2.38. The summed E-state index contributed by atoms with van der Waals surface area (Å²) in [6.07, 6.45) is 0.368. The molecule has 1 aromatic heterocycles. The van der Waals surface area contributed by atoms with Gasteiger partial charge in [-0.25, -0.2) is 0 Å². The van der Waals surface area contributed by atoms with Gasteiger partial charge in [-0.2, -0.15) is 5.10 Å². The van der Waals surface area contributed by atoms with Crippen LogP contribution in [0.5, 0.6) is 17.2 Å². The van der Waals surface area contributed by atoms with Crippen LogP contribution in [0.25, 0.3) is 0 Å². The van der Waals surface area contributed by atoms with Crippen molar-refractivity contribution in [3.05, 3.63) is 70.5 Å². The van der Waals surface area contributed by atoms with Gasteiger partial charge in [-0.1, -0.05) is 19.1 Å². The maximum Gasteiger partial charge on any atom is 0.258 e. The lowest BCUT2D eigenvalue weighted by Crippen LogP contribution is -2.45. The van der Waals surface area contributed by atoms with Crippen LogP contribution in [-0.4, -0.2) is 71.4 Å². The first-order chi connectivity index (χ1) is 19.7. The molecule has 11 heteroatoms. The normalized spacial score (nSPS) is 19.0. The lowest BCUT2D eigenvalue weighted by molar-refractivity contribution is -0.131. The summed E-state index contributed by atoms with van der Waals surface area (Å²) in [5.74, 6) is 0.506. The largest absolute Gasteiger partial charge is 0.493 e. The Morgan fingerprint density at radius 2 is 1.90 bits per heavy atom. The molecule has 216 valence electrons. The van der Waals surface area contributed by atoms with E-state index in [0.29, 0.717) is 30.2 Å². The van der Waals surface area contributed by atoms with Crippen LogP contribution < -0.4 is 24.8 Å². The number of rotatable bonds is 4. The van der Waals surface area contributed by atoms with Gasteiger partial charge in [0.2, 0.25) is 5.91 Å². The number of benzene rings is 2. The summed E-state index contributed by atoms with van der Waals surface area (Å²) in [5, 5.41) is 10.4. The second kappa shape index (κ2) is 11.9. The van der Waals surface area contributed by atoms with Crippen molar-refractivity contribution in [3.8, 4) is 17.2 Å². The predicted molar refractivity (Wildman–Crippen MR) is 150 cm³/mol. The Kier molecular flexibility index (Phi) is 8.14. The van der Waals surface area contributed by atoms with Gasteiger partial charge in [0.15, 0.2) is 18.1 Å². The summed E-state index contributed by atoms with van der Waals surface area (Å²) in [7, 11) is 1.49. The van der Waals surface area contributed by atoms with Crippen LogP contribution in [0.1, 0.15) is 39.8 Å². The van der Waals surface area contributed by atoms with Gasteiger partial charge in [0.25, 0.3) is 11.8 Å². The van der Waals surface area contributed by atoms with Crippen molar-refractivity contribution >= 4 is 17.7 Å². The third kappa shape index (κ3) is 6.13. The highest BCUT2D eigenvalue weighted by Crippen LogP contribution is 2.29. The Hall–Kier alpha value is -4.54. The van der Waals surface area contributed by atoms with Gasteiger partial charge in [-0.15, -0.1) is 0 Å². The molecule has 0 saturated carbocycles. The first kappa shape index (κ1) is 28.0. The molecule has 3 aromatic rings. The third-order valence-corrected chi connectivity index (χ3v) is 7.59. The number of amides is 3. The van der Waals surface area contributed by atoms with E-state index in [2.05, 4.69) is 22.7 Å². The Balaban J connectivity index is 1.41. The molecule has 41 heavy (non-hydrogen) atoms. The number of fused-ring (bicyclic) bond motifs is 7. The lowest BCUT2D eigenvalue weighted by atomic mass is 10.1. The Labute approximate surface area is 238 Å². The SMILES string of the molecule is CCc1c(C)nn(CC(=O)N2C[C@@H]3NC(=O)c4ccc(OC)c(c4)OCC(=O)NCc4ccc(cc4)O[C@H]3C2)c1C. The minimum atomic E-state index is -0.482. The summed E-state index contributed by atoms with van der Waals surface area (Å²) in [5.41, 5.74) is 4.27. The number of hydrogen-bond acceptors (Lipinski definition) is 7. The monoisotopic (exact) mass is 561 g/mol. The van der Waals surface area contributed by atoms with Crippen LogP contribution in [0.2, 0.25) is 0 Å². The summed E-state index contributed by atoms with van der Waals surface area (Å²) in [6.45, 7) is 6.79. The quantitative estimate of drug-likeness (QED) is 0.500. The van der Waals surface area contributed by atoms with Crippen molar-refractivity contribution in [3.63, 3.8) is 0 Å². The maximum absolute atomic E-state index is 13.4. The van der Waals surface area contributed by atoms with Gasteiger partial charge in [0.05, 0.1) is 25.4 Å². The topological polar surface area (TPSA) is 124 Å². The smallest absolute Gasteiger partial charge is 0.258 e. The molecule has 3 aliphatic heterocycles. The second-order valence-corrected chi connectivity index (χ2v) is 10.3. The van der Waals surface area contributed by atoms with Crippen molar-refractivity contribution in [1.29, 1.82) is 0 Å². The molecule has 1 saturated heterocycles. The first-order valence-electron chi connectivity index (χ1n) is 13.7. The van der Waals surface area contributed by atoms with E-state index in [0.717, 1.165) is 28.9 Å². The van der Waals surface area contributed by atoms with E-state index < -0.39 is 12.1 Å². The number of carbonyl (C=O) groups excluding carboxylic acids is 3. The third-order valence-electron chi connectivity index (χ3n) is 7.59. The van der Waals surface area contributed by atoms with E-state index in [1.54, 1.807) is 21.7 Å². The molecule has 1 fully saturated rings. The van der Waals surface area contributed by atoms with Crippen molar-refractivity contribution in [2.24, 2.45) is 0 Å². The van der Waals surface area contributed by atoms with Crippen molar-refractivity contribution in [2.45, 2.75) is 52.4 Å². The summed E-state index contributed by atoms with van der Waals surface area (Å²) >= 11 is 0. The molecule has 11 nitrogen and oxygen atoms in total. The highest BCUT2D eigenvalue weighted by molar-refractivity contribution is 5.95. The molecule has 4 bridgehead atoms. The number of nitrogens with one attached hydrogen (secondary N) is 2. The maximum atomic E-state index is 13.4. The number of aromatic nitrogens is 2. The minimum absolute atomic E-state index is 0.100. The number of likely N-dealkylation sites (tertiary alicyclic amines) is 1. The lowest BCUT2D eigenvalue weighted by Gasteiger charge is -2.21. The first-order valence-corrected chi connectivity index (χ1v) is 13.7. The molecule has 0 unspecified atom stereocenters. The fraction of sp³-hybridized carbons (Fsp3) is 0.400. The van der Waals surface area contributed by atoms with Crippen LogP contribution in [0, 0.1) is 13.8 Å². The summed E-state index contributed by atoms with van der Waals surface area (Å²) < 4.78 is 19.1. The zero-order valence-electron chi connectivity index (χ0n) is 23.7. The van der Waals surface area contributed by atoms with Crippen LogP contribution in [0.4, 0.5) is 0 Å². The van der Waals surface area contributed by atoms with Gasteiger partial charge in [0.1, 0.15) is 18.4 Å². The molecule has 6 rings (SSSR count). The Morgan fingerprint density at radius 3 is 2.61 bits per heavy atom. The number of carbonyl (C=O) groups is 3. The zero-order chi connectivity index (χ0) is 29.1. The van der Waals surface area contributed by atoms with Gasteiger partial charge in [0, 0.05) is 24.3 Å². The van der Waals surface area contributed by atoms with E-state index in [9.17, 15) is 14.4 Å². The molecule has 4 heterocycles. The number of hydrogen-bond donors (Lipinski definition) is 2. The average molecular weight is 562 g/mol. The second-order valence-electron chi connectivity index (χ2n) is 10.3. The molecule has 2 aromatic carbocycles. The highest BCUT2D eigenvalue weighted by atomic mass is 16.5. The van der Waals surface area contributed by atoms with Gasteiger partial charge in [-0.05, 0) is 61.7 Å². The Morgan fingerprint density at radius 1 is 1.12 bits per heavy atom. The molecule has 0 radical (unpaired) electrons. The molecule has 2 N–H and O–H groups in total. The summed E-state index contributed by atoms with van der Waals surface area (Å²) in [4.78, 5) is 40.9. The number of aryl methyl sites for hydroxylation is 1. The fourth-order valence-electron chi connectivity index (χ4n) is 5.30. The van der Waals surface area contributed by atoms with E-state index in [4.69, 9.17) is 14.2 Å². The molecule has 3 aliphatic rings. The molecular formula is C30H35N5O6. The van der Waals surface area contributed by atoms with Crippen molar-refractivity contribution in [2.75, 3.05) is 26.8 Å². The molecule has 2 atom stereocenters. The molecule has 3 amide bonds. The van der Waals surface area contributed by atoms with E-state index >= 15 is 0 Å². The van der Waals surface area contributed by atoms with Crippen LogP contribution in [-0.2, 0) is 29.1 Å². The Bertz CT molecular complexity index is 1450. The average Bonchev–Trinajstić information content (AvgIpc) is 3.49. The van der Waals surface area contributed by atoms with E-state index in [-0.39, 0.29) is 43.2 Å². The number of ether oxygens (including phenoxy) is 3. The fourth-order valence-corrected chi connectivity index (χ4v) is 5.30. The summed E-state index contributed by atoms with van der Waals surface area (Å²) in [6, 6.07) is 11.7. The molecule has 0 spiro atoms. The predicted octanol–water partition coefficient (Wildman–Crippen LogP) is 2.17. The van der Waals surface area contributed by atoms with Gasteiger partial charge >= 0.3 is 0 Å². The molecular weight excluding hydrogens is 526 g/mol. The zero-order valence-corrected chi connectivity index (χ0v) is 23.7. The van der Waals surface area contributed by atoms with Crippen LogP contribution in [0.3, 0.4) is 0 Å². The van der Waals surface area contributed by atoms with Crippen LogP contribution in [0.15, 0.2) is 42.5 Å². The van der Waals surface area contributed by atoms with Gasteiger partial charge in [-0.3, -0.25) is 19.1 Å². The van der Waals surface area contributed by atoms with E-state index in [1.807, 2.05) is 38.1 Å². The number of nitrogens with zero attached hydrogens (tertiary/aromatic N) is 3. The van der Waals surface area contributed by atoms with Gasteiger partial charge < -0.3 is 29.7 Å². The van der Waals surface area contributed by atoms with Crippen LogP contribution >= 0.6 is 0 Å². The minimum Gasteiger partial charge on any atom is -0.493 e.